The van der Waals surface area contributed by atoms with Crippen molar-refractivity contribution in [3.05, 3.63) is 78.0 Å². The fourth-order valence-electron chi connectivity index (χ4n) is 4.55. The first-order chi connectivity index (χ1) is 16.0. The number of aromatic nitrogens is 3. The van der Waals surface area contributed by atoms with Crippen LogP contribution in [0.15, 0.2) is 66.9 Å². The maximum Gasteiger partial charge on any atom is 0.254 e. The van der Waals surface area contributed by atoms with Gasteiger partial charge in [0.1, 0.15) is 0 Å². The Morgan fingerprint density at radius 1 is 0.939 bits per heavy atom. The van der Waals surface area contributed by atoms with E-state index >= 15 is 0 Å². The van der Waals surface area contributed by atoms with E-state index in [0.717, 1.165) is 40.9 Å². The number of anilines is 1. The molecule has 6 nitrogen and oxygen atoms in total. The molecule has 1 saturated heterocycles. The Kier molecular flexibility index (Phi) is 5.58. The van der Waals surface area contributed by atoms with Crippen LogP contribution >= 0.6 is 0 Å². The lowest BCUT2D eigenvalue weighted by Crippen LogP contribution is -2.48. The average molecular weight is 440 g/mol. The quantitative estimate of drug-likeness (QED) is 0.451. The molecule has 5 rings (SSSR count). The zero-order valence-electron chi connectivity index (χ0n) is 19.4. The Labute approximate surface area is 194 Å². The lowest BCUT2D eigenvalue weighted by atomic mass is 10.0. The topological polar surface area (TPSA) is 54.3 Å². The summed E-state index contributed by atoms with van der Waals surface area (Å²) in [6.45, 7) is 9.26. The largest absolute Gasteiger partial charge is 0.368 e. The summed E-state index contributed by atoms with van der Waals surface area (Å²) in [5.41, 5.74) is 5.63. The Balaban J connectivity index is 1.51. The van der Waals surface area contributed by atoms with Crippen LogP contribution in [-0.4, -0.2) is 51.8 Å². The second kappa shape index (κ2) is 8.70. The molecule has 0 bridgehead atoms. The first-order valence-electron chi connectivity index (χ1n) is 11.6. The molecule has 33 heavy (non-hydrogen) atoms. The van der Waals surface area contributed by atoms with E-state index in [1.54, 1.807) is 6.20 Å². The van der Waals surface area contributed by atoms with E-state index in [-0.39, 0.29) is 11.9 Å². The Bertz CT molecular complexity index is 1290. The first-order valence-corrected chi connectivity index (χ1v) is 11.6. The molecule has 0 saturated carbocycles. The number of amides is 1. The normalized spacial score (nSPS) is 14.3. The molecule has 2 aromatic heterocycles. The van der Waals surface area contributed by atoms with Crippen molar-refractivity contribution >= 4 is 22.6 Å². The standard InChI is InChI=1S/C27H29N5O/c1-19(2)32-26-24(18-28-32)23(17-25(29-26)22-12-8-7-9-20(22)3)27(33)31-15-13-30(14-16-31)21-10-5-4-6-11-21/h4-12,17-19H,13-16H2,1-3H3. The van der Waals surface area contributed by atoms with Gasteiger partial charge >= 0.3 is 0 Å². The van der Waals surface area contributed by atoms with Gasteiger partial charge in [0, 0.05) is 43.5 Å². The highest BCUT2D eigenvalue weighted by Gasteiger charge is 2.26. The molecule has 1 amide bonds. The summed E-state index contributed by atoms with van der Waals surface area (Å²) in [7, 11) is 0. The highest BCUT2D eigenvalue weighted by atomic mass is 16.2. The predicted octanol–water partition coefficient (Wildman–Crippen LogP) is 4.95. The van der Waals surface area contributed by atoms with Crippen LogP contribution in [0.4, 0.5) is 5.69 Å². The molecule has 1 aliphatic heterocycles. The average Bonchev–Trinajstić information content (AvgIpc) is 3.28. The molecule has 2 aromatic carbocycles. The zero-order valence-corrected chi connectivity index (χ0v) is 19.4. The van der Waals surface area contributed by atoms with Crippen molar-refractivity contribution in [3.63, 3.8) is 0 Å². The van der Waals surface area contributed by atoms with Crippen molar-refractivity contribution in [1.29, 1.82) is 0 Å². The number of fused-ring (bicyclic) bond motifs is 1. The molecule has 6 heteroatoms. The van der Waals surface area contributed by atoms with Crippen LogP contribution in [0.3, 0.4) is 0 Å². The van der Waals surface area contributed by atoms with Crippen molar-refractivity contribution < 1.29 is 4.79 Å². The van der Waals surface area contributed by atoms with Crippen LogP contribution < -0.4 is 4.90 Å². The lowest BCUT2D eigenvalue weighted by Gasteiger charge is -2.36. The molecule has 168 valence electrons. The summed E-state index contributed by atoms with van der Waals surface area (Å²) in [5.74, 6) is 0.0493. The van der Waals surface area contributed by atoms with Gasteiger partial charge in [-0.25, -0.2) is 9.67 Å². The second-order valence-corrected chi connectivity index (χ2v) is 8.90. The van der Waals surface area contributed by atoms with Crippen LogP contribution in [0.2, 0.25) is 0 Å². The van der Waals surface area contributed by atoms with E-state index in [2.05, 4.69) is 67.2 Å². The van der Waals surface area contributed by atoms with Gasteiger partial charge in [-0.1, -0.05) is 42.5 Å². The van der Waals surface area contributed by atoms with Crippen molar-refractivity contribution in [2.24, 2.45) is 0 Å². The highest BCUT2D eigenvalue weighted by molar-refractivity contribution is 6.06. The lowest BCUT2D eigenvalue weighted by molar-refractivity contribution is 0.0748. The number of rotatable bonds is 4. The molecule has 0 atom stereocenters. The minimum absolute atomic E-state index is 0.0493. The molecule has 0 radical (unpaired) electrons. The van der Waals surface area contributed by atoms with Crippen LogP contribution in [0.25, 0.3) is 22.3 Å². The van der Waals surface area contributed by atoms with Crippen molar-refractivity contribution in [2.75, 3.05) is 31.1 Å². The number of aryl methyl sites for hydroxylation is 1. The Morgan fingerprint density at radius 2 is 1.64 bits per heavy atom. The van der Waals surface area contributed by atoms with Crippen LogP contribution in [0, 0.1) is 6.92 Å². The van der Waals surface area contributed by atoms with E-state index in [4.69, 9.17) is 4.98 Å². The van der Waals surface area contributed by atoms with Gasteiger partial charge in [-0.15, -0.1) is 0 Å². The maximum absolute atomic E-state index is 13.7. The number of carbonyl (C=O) groups excluding carboxylic acids is 1. The van der Waals surface area contributed by atoms with Gasteiger partial charge in [-0.3, -0.25) is 4.79 Å². The zero-order chi connectivity index (χ0) is 22.9. The molecular formula is C27H29N5O. The van der Waals surface area contributed by atoms with Crippen LogP contribution in [-0.2, 0) is 0 Å². The molecule has 3 heterocycles. The fourth-order valence-corrected chi connectivity index (χ4v) is 4.55. The summed E-state index contributed by atoms with van der Waals surface area (Å²) >= 11 is 0. The number of piperazine rings is 1. The molecule has 0 spiro atoms. The Hall–Kier alpha value is -3.67. The van der Waals surface area contributed by atoms with Gasteiger partial charge in [0.2, 0.25) is 0 Å². The summed E-state index contributed by atoms with van der Waals surface area (Å²) in [6.07, 6.45) is 1.79. The molecule has 1 aliphatic rings. The molecule has 0 N–H and O–H groups in total. The smallest absolute Gasteiger partial charge is 0.254 e. The number of carbonyl (C=O) groups is 1. The van der Waals surface area contributed by atoms with Crippen LogP contribution in [0.1, 0.15) is 35.8 Å². The number of hydrogen-bond donors (Lipinski definition) is 0. The van der Waals surface area contributed by atoms with E-state index in [1.807, 2.05) is 33.8 Å². The maximum atomic E-state index is 13.7. The van der Waals surface area contributed by atoms with Gasteiger partial charge in [-0.05, 0) is 44.5 Å². The molecule has 0 unspecified atom stereocenters. The SMILES string of the molecule is Cc1ccccc1-c1cc(C(=O)N2CCN(c3ccccc3)CC2)c2cnn(C(C)C)c2n1. The number of hydrogen-bond acceptors (Lipinski definition) is 4. The second-order valence-electron chi connectivity index (χ2n) is 8.90. The summed E-state index contributed by atoms with van der Waals surface area (Å²) in [6, 6.07) is 20.7. The third kappa shape index (κ3) is 3.97. The number of benzene rings is 2. The van der Waals surface area contributed by atoms with E-state index in [1.165, 1.54) is 5.69 Å². The summed E-state index contributed by atoms with van der Waals surface area (Å²) < 4.78 is 1.90. The first kappa shape index (κ1) is 21.2. The molecule has 4 aromatic rings. The predicted molar refractivity (Wildman–Crippen MR) is 133 cm³/mol. The van der Waals surface area contributed by atoms with E-state index in [9.17, 15) is 4.79 Å². The third-order valence-corrected chi connectivity index (χ3v) is 6.40. The third-order valence-electron chi connectivity index (χ3n) is 6.40. The number of nitrogens with zero attached hydrogens (tertiary/aromatic N) is 5. The molecule has 0 aliphatic carbocycles. The summed E-state index contributed by atoms with van der Waals surface area (Å²) in [4.78, 5) is 23.0. The summed E-state index contributed by atoms with van der Waals surface area (Å²) in [5, 5.41) is 5.38. The van der Waals surface area contributed by atoms with Gasteiger partial charge in [-0.2, -0.15) is 5.10 Å². The number of para-hydroxylation sites is 1. The van der Waals surface area contributed by atoms with Gasteiger partial charge < -0.3 is 9.80 Å². The van der Waals surface area contributed by atoms with Gasteiger partial charge in [0.25, 0.3) is 5.91 Å². The highest BCUT2D eigenvalue weighted by Crippen LogP contribution is 2.29. The monoisotopic (exact) mass is 439 g/mol. The Morgan fingerprint density at radius 3 is 2.33 bits per heavy atom. The number of pyridine rings is 1. The van der Waals surface area contributed by atoms with Crippen molar-refractivity contribution in [2.45, 2.75) is 26.8 Å². The van der Waals surface area contributed by atoms with Crippen LogP contribution in [0.5, 0.6) is 0 Å². The van der Waals surface area contributed by atoms with E-state index in [0.29, 0.717) is 18.7 Å². The van der Waals surface area contributed by atoms with E-state index < -0.39 is 0 Å². The van der Waals surface area contributed by atoms with Gasteiger partial charge in [0.05, 0.1) is 22.8 Å². The minimum atomic E-state index is 0.0493. The molecule has 1 fully saturated rings. The van der Waals surface area contributed by atoms with Gasteiger partial charge in [0.15, 0.2) is 5.65 Å². The fraction of sp³-hybridized carbons (Fsp3) is 0.296. The van der Waals surface area contributed by atoms with Crippen molar-refractivity contribution in [3.8, 4) is 11.3 Å². The minimum Gasteiger partial charge on any atom is -0.368 e. The van der Waals surface area contributed by atoms with Crippen molar-refractivity contribution in [1.82, 2.24) is 19.7 Å². The molecular weight excluding hydrogens is 410 g/mol.